The standard InChI is InChI=1S/C15H22N2O2/c1-2-13-4-6-14(7-5-13)12-19-15(18)17-10-3-8-16-9-11-17/h4-7,16H,2-3,8-12H2,1H3. The van der Waals surface area contributed by atoms with Crippen molar-refractivity contribution in [1.82, 2.24) is 10.2 Å². The molecule has 0 unspecified atom stereocenters. The van der Waals surface area contributed by atoms with E-state index in [1.807, 2.05) is 12.1 Å². The first-order valence-electron chi connectivity index (χ1n) is 7.00. The van der Waals surface area contributed by atoms with Crippen molar-refractivity contribution in [2.45, 2.75) is 26.4 Å². The lowest BCUT2D eigenvalue weighted by molar-refractivity contribution is 0.0984. The van der Waals surface area contributed by atoms with Gasteiger partial charge in [0, 0.05) is 19.6 Å². The van der Waals surface area contributed by atoms with Crippen molar-refractivity contribution < 1.29 is 9.53 Å². The molecule has 4 nitrogen and oxygen atoms in total. The van der Waals surface area contributed by atoms with E-state index in [9.17, 15) is 4.79 Å². The molecule has 1 aromatic rings. The van der Waals surface area contributed by atoms with Crippen molar-refractivity contribution in [2.24, 2.45) is 0 Å². The number of benzene rings is 1. The van der Waals surface area contributed by atoms with Gasteiger partial charge in [-0.25, -0.2) is 4.79 Å². The summed E-state index contributed by atoms with van der Waals surface area (Å²) >= 11 is 0. The summed E-state index contributed by atoms with van der Waals surface area (Å²) in [7, 11) is 0. The molecule has 19 heavy (non-hydrogen) atoms. The molecule has 0 saturated carbocycles. The number of ether oxygens (including phenoxy) is 1. The van der Waals surface area contributed by atoms with E-state index in [4.69, 9.17) is 4.74 Å². The fraction of sp³-hybridized carbons (Fsp3) is 0.533. The van der Waals surface area contributed by atoms with Crippen LogP contribution in [-0.2, 0) is 17.8 Å². The number of carbonyl (C=O) groups is 1. The summed E-state index contributed by atoms with van der Waals surface area (Å²) in [5.74, 6) is 0. The van der Waals surface area contributed by atoms with Gasteiger partial charge in [-0.2, -0.15) is 0 Å². The first kappa shape index (κ1) is 13.9. The molecule has 1 saturated heterocycles. The van der Waals surface area contributed by atoms with Crippen LogP contribution in [0.25, 0.3) is 0 Å². The largest absolute Gasteiger partial charge is 0.445 e. The van der Waals surface area contributed by atoms with Crippen molar-refractivity contribution in [3.05, 3.63) is 35.4 Å². The zero-order chi connectivity index (χ0) is 13.5. The third kappa shape index (κ3) is 4.24. The number of hydrogen-bond acceptors (Lipinski definition) is 3. The molecule has 2 rings (SSSR count). The predicted molar refractivity (Wildman–Crippen MR) is 75.1 cm³/mol. The first-order chi connectivity index (χ1) is 9.29. The average Bonchev–Trinajstić information content (AvgIpc) is 2.74. The molecular formula is C15H22N2O2. The second kappa shape index (κ2) is 7.14. The Balaban J connectivity index is 1.81. The average molecular weight is 262 g/mol. The molecule has 0 aromatic heterocycles. The maximum absolute atomic E-state index is 11.9. The minimum Gasteiger partial charge on any atom is -0.445 e. The summed E-state index contributed by atoms with van der Waals surface area (Å²) in [6.07, 6.45) is 1.81. The van der Waals surface area contributed by atoms with Gasteiger partial charge >= 0.3 is 6.09 Å². The molecule has 1 aliphatic heterocycles. The van der Waals surface area contributed by atoms with E-state index in [1.165, 1.54) is 5.56 Å². The molecule has 0 bridgehead atoms. The summed E-state index contributed by atoms with van der Waals surface area (Å²) in [5, 5.41) is 3.27. The second-order valence-electron chi connectivity index (χ2n) is 4.82. The minimum absolute atomic E-state index is 0.205. The van der Waals surface area contributed by atoms with Gasteiger partial charge in [0.05, 0.1) is 0 Å². The van der Waals surface area contributed by atoms with Crippen LogP contribution in [0.3, 0.4) is 0 Å². The quantitative estimate of drug-likeness (QED) is 0.908. The molecule has 1 aromatic carbocycles. The highest BCUT2D eigenvalue weighted by molar-refractivity contribution is 5.67. The van der Waals surface area contributed by atoms with Crippen LogP contribution < -0.4 is 5.32 Å². The SMILES string of the molecule is CCc1ccc(COC(=O)N2CCCNCC2)cc1. The lowest BCUT2D eigenvalue weighted by atomic mass is 10.1. The summed E-state index contributed by atoms with van der Waals surface area (Å²) in [5.41, 5.74) is 2.34. The normalized spacial score (nSPS) is 15.9. The summed E-state index contributed by atoms with van der Waals surface area (Å²) < 4.78 is 5.36. The molecule has 0 spiro atoms. The molecule has 1 N–H and O–H groups in total. The molecule has 104 valence electrons. The Hall–Kier alpha value is -1.55. The maximum atomic E-state index is 11.9. The van der Waals surface area contributed by atoms with Crippen molar-refractivity contribution in [3.8, 4) is 0 Å². The van der Waals surface area contributed by atoms with Gasteiger partial charge in [0.25, 0.3) is 0 Å². The number of nitrogens with zero attached hydrogens (tertiary/aromatic N) is 1. The lowest BCUT2D eigenvalue weighted by Crippen LogP contribution is -2.34. The highest BCUT2D eigenvalue weighted by atomic mass is 16.6. The highest BCUT2D eigenvalue weighted by Gasteiger charge is 2.16. The van der Waals surface area contributed by atoms with Crippen LogP contribution in [0.4, 0.5) is 4.79 Å². The molecule has 0 aliphatic carbocycles. The van der Waals surface area contributed by atoms with Gasteiger partial charge in [-0.3, -0.25) is 0 Å². The van der Waals surface area contributed by atoms with Crippen LogP contribution in [0.1, 0.15) is 24.5 Å². The number of aryl methyl sites for hydroxylation is 1. The van der Waals surface area contributed by atoms with E-state index in [0.29, 0.717) is 6.61 Å². The Kier molecular flexibility index (Phi) is 5.21. The number of carbonyl (C=O) groups excluding carboxylic acids is 1. The summed E-state index contributed by atoms with van der Waals surface area (Å²) in [4.78, 5) is 13.7. The van der Waals surface area contributed by atoms with Gasteiger partial charge < -0.3 is 15.0 Å². The zero-order valence-corrected chi connectivity index (χ0v) is 11.5. The monoisotopic (exact) mass is 262 g/mol. The van der Waals surface area contributed by atoms with Crippen LogP contribution in [0.5, 0.6) is 0 Å². The lowest BCUT2D eigenvalue weighted by Gasteiger charge is -2.19. The van der Waals surface area contributed by atoms with Gasteiger partial charge in [-0.1, -0.05) is 31.2 Å². The topological polar surface area (TPSA) is 41.6 Å². The molecule has 0 atom stereocenters. The second-order valence-corrected chi connectivity index (χ2v) is 4.82. The molecule has 0 radical (unpaired) electrons. The van der Waals surface area contributed by atoms with Crippen molar-refractivity contribution in [2.75, 3.05) is 26.2 Å². The Morgan fingerprint density at radius 2 is 1.95 bits per heavy atom. The van der Waals surface area contributed by atoms with Crippen molar-refractivity contribution >= 4 is 6.09 Å². The minimum atomic E-state index is -0.205. The van der Waals surface area contributed by atoms with Gasteiger partial charge in [0.15, 0.2) is 0 Å². The maximum Gasteiger partial charge on any atom is 0.410 e. The van der Waals surface area contributed by atoms with Gasteiger partial charge in [-0.15, -0.1) is 0 Å². The summed E-state index contributed by atoms with van der Waals surface area (Å²) in [6, 6.07) is 8.21. The number of rotatable bonds is 3. The Morgan fingerprint density at radius 1 is 1.21 bits per heavy atom. The number of amides is 1. The molecule has 1 aliphatic rings. The Labute approximate surface area is 114 Å². The van der Waals surface area contributed by atoms with Gasteiger partial charge in [0.2, 0.25) is 0 Å². The van der Waals surface area contributed by atoms with E-state index in [0.717, 1.165) is 44.6 Å². The molecule has 1 heterocycles. The zero-order valence-electron chi connectivity index (χ0n) is 11.5. The van der Waals surface area contributed by atoms with E-state index in [1.54, 1.807) is 4.90 Å². The molecule has 4 heteroatoms. The van der Waals surface area contributed by atoms with E-state index >= 15 is 0 Å². The molecule has 1 amide bonds. The van der Waals surface area contributed by atoms with Gasteiger partial charge in [-0.05, 0) is 30.5 Å². The van der Waals surface area contributed by atoms with Crippen molar-refractivity contribution in [1.29, 1.82) is 0 Å². The fourth-order valence-corrected chi connectivity index (χ4v) is 2.14. The van der Waals surface area contributed by atoms with E-state index < -0.39 is 0 Å². The number of hydrogen-bond donors (Lipinski definition) is 1. The van der Waals surface area contributed by atoms with Crippen LogP contribution in [0, 0.1) is 0 Å². The Bertz CT molecular complexity index is 395. The predicted octanol–water partition coefficient (Wildman–Crippen LogP) is 2.18. The van der Waals surface area contributed by atoms with E-state index in [2.05, 4.69) is 24.4 Å². The fourth-order valence-electron chi connectivity index (χ4n) is 2.14. The first-order valence-corrected chi connectivity index (χ1v) is 7.00. The van der Waals surface area contributed by atoms with Crippen LogP contribution in [-0.4, -0.2) is 37.2 Å². The summed E-state index contributed by atoms with van der Waals surface area (Å²) in [6.45, 7) is 5.81. The third-order valence-corrected chi connectivity index (χ3v) is 3.39. The van der Waals surface area contributed by atoms with Crippen LogP contribution in [0.15, 0.2) is 24.3 Å². The molecule has 1 fully saturated rings. The highest BCUT2D eigenvalue weighted by Crippen LogP contribution is 2.08. The molecular weight excluding hydrogens is 240 g/mol. The van der Waals surface area contributed by atoms with Crippen molar-refractivity contribution in [3.63, 3.8) is 0 Å². The number of nitrogens with one attached hydrogen (secondary N) is 1. The van der Waals surface area contributed by atoms with Crippen LogP contribution >= 0.6 is 0 Å². The third-order valence-electron chi connectivity index (χ3n) is 3.39. The van der Waals surface area contributed by atoms with Crippen LogP contribution in [0.2, 0.25) is 0 Å². The Morgan fingerprint density at radius 3 is 2.68 bits per heavy atom. The van der Waals surface area contributed by atoms with E-state index in [-0.39, 0.29) is 6.09 Å². The smallest absolute Gasteiger partial charge is 0.410 e. The van der Waals surface area contributed by atoms with Gasteiger partial charge in [0.1, 0.15) is 6.61 Å².